The molecule has 0 saturated heterocycles. The highest BCUT2D eigenvalue weighted by Gasteiger charge is 2.15. The molecule has 1 aromatic heterocycles. The Balaban J connectivity index is 2.00. The Bertz CT molecular complexity index is 633. The van der Waals surface area contributed by atoms with E-state index >= 15 is 0 Å². The van der Waals surface area contributed by atoms with Crippen molar-refractivity contribution in [3.05, 3.63) is 66.2 Å². The zero-order valence-electron chi connectivity index (χ0n) is 11.3. The lowest BCUT2D eigenvalue weighted by atomic mass is 10.1. The van der Waals surface area contributed by atoms with Crippen LogP contribution < -0.4 is 0 Å². The fourth-order valence-electron chi connectivity index (χ4n) is 2.58. The second kappa shape index (κ2) is 4.88. The number of nitrogens with zero attached hydrogens (tertiary/aromatic N) is 2. The molecular formula is C17H18N2. The summed E-state index contributed by atoms with van der Waals surface area (Å²) in [6.45, 7) is 7.02. The van der Waals surface area contributed by atoms with Gasteiger partial charge in [0.05, 0.1) is 12.0 Å². The average Bonchev–Trinajstić information content (AvgIpc) is 2.69. The molecule has 0 spiro atoms. The van der Waals surface area contributed by atoms with Crippen molar-refractivity contribution in [2.45, 2.75) is 26.3 Å². The van der Waals surface area contributed by atoms with Crippen LogP contribution in [-0.4, -0.2) is 9.55 Å². The van der Waals surface area contributed by atoms with Gasteiger partial charge < -0.3 is 4.57 Å². The summed E-state index contributed by atoms with van der Waals surface area (Å²) in [5.41, 5.74) is 6.14. The molecule has 1 aromatic carbocycles. The zero-order chi connectivity index (χ0) is 13.2. The minimum absolute atomic E-state index is 0.893. The Labute approximate surface area is 114 Å². The third-order valence-electron chi connectivity index (χ3n) is 3.65. The quantitative estimate of drug-likeness (QED) is 0.787. The standard InChI is InChI=1S/C17H18N2/c1-13(2)15-9-6-10-16-17(18-12-19(16)11-15)14-7-4-3-5-8-14/h3-5,7-9,12H,1,6,10-11H2,2H3. The van der Waals surface area contributed by atoms with Gasteiger partial charge in [0.1, 0.15) is 0 Å². The summed E-state index contributed by atoms with van der Waals surface area (Å²) in [7, 11) is 0. The van der Waals surface area contributed by atoms with Crippen LogP contribution in [0.25, 0.3) is 11.3 Å². The first kappa shape index (κ1) is 12.0. The van der Waals surface area contributed by atoms with Crippen molar-refractivity contribution in [3.8, 4) is 11.3 Å². The normalized spacial score (nSPS) is 14.5. The van der Waals surface area contributed by atoms with Gasteiger partial charge in [0.15, 0.2) is 0 Å². The van der Waals surface area contributed by atoms with Crippen LogP contribution in [0.5, 0.6) is 0 Å². The van der Waals surface area contributed by atoms with Crippen LogP contribution in [0.1, 0.15) is 19.0 Å². The van der Waals surface area contributed by atoms with Crippen molar-refractivity contribution in [1.82, 2.24) is 9.55 Å². The topological polar surface area (TPSA) is 17.8 Å². The van der Waals surface area contributed by atoms with Crippen LogP contribution in [0, 0.1) is 0 Å². The highest BCUT2D eigenvalue weighted by molar-refractivity contribution is 5.62. The monoisotopic (exact) mass is 250 g/mol. The predicted molar refractivity (Wildman–Crippen MR) is 78.9 cm³/mol. The maximum Gasteiger partial charge on any atom is 0.0959 e. The number of hydrogen-bond donors (Lipinski definition) is 0. The summed E-state index contributed by atoms with van der Waals surface area (Å²) in [4.78, 5) is 4.61. The second-order valence-corrected chi connectivity index (χ2v) is 5.08. The molecule has 1 aliphatic rings. The van der Waals surface area contributed by atoms with E-state index in [0.29, 0.717) is 0 Å². The largest absolute Gasteiger partial charge is 0.330 e. The third kappa shape index (κ3) is 2.26. The molecule has 2 aromatic rings. The fraction of sp³-hybridized carbons (Fsp3) is 0.235. The van der Waals surface area contributed by atoms with E-state index in [-0.39, 0.29) is 0 Å². The van der Waals surface area contributed by atoms with E-state index in [2.05, 4.69) is 53.4 Å². The molecule has 0 amide bonds. The number of hydrogen-bond acceptors (Lipinski definition) is 1. The smallest absolute Gasteiger partial charge is 0.0959 e. The van der Waals surface area contributed by atoms with Gasteiger partial charge in [0.25, 0.3) is 0 Å². The Kier molecular flexibility index (Phi) is 3.08. The lowest BCUT2D eigenvalue weighted by molar-refractivity contribution is 0.752. The van der Waals surface area contributed by atoms with Gasteiger partial charge in [-0.3, -0.25) is 0 Å². The van der Waals surface area contributed by atoms with Crippen LogP contribution in [0.4, 0.5) is 0 Å². The molecule has 1 aliphatic heterocycles. The molecule has 2 heterocycles. The summed E-state index contributed by atoms with van der Waals surface area (Å²) < 4.78 is 2.26. The van der Waals surface area contributed by atoms with Crippen molar-refractivity contribution >= 4 is 0 Å². The van der Waals surface area contributed by atoms with Crippen LogP contribution in [0.3, 0.4) is 0 Å². The van der Waals surface area contributed by atoms with E-state index in [4.69, 9.17) is 0 Å². The molecule has 2 nitrogen and oxygen atoms in total. The van der Waals surface area contributed by atoms with E-state index in [1.54, 1.807) is 0 Å². The molecule has 96 valence electrons. The molecule has 0 aliphatic carbocycles. The van der Waals surface area contributed by atoms with E-state index in [1.165, 1.54) is 16.8 Å². The van der Waals surface area contributed by atoms with E-state index in [9.17, 15) is 0 Å². The molecule has 3 rings (SSSR count). The molecule has 2 heteroatoms. The molecule has 0 atom stereocenters. The van der Waals surface area contributed by atoms with Gasteiger partial charge in [-0.05, 0) is 25.3 Å². The lowest BCUT2D eigenvalue weighted by Gasteiger charge is -2.08. The highest BCUT2D eigenvalue weighted by atomic mass is 15.1. The predicted octanol–water partition coefficient (Wildman–Crippen LogP) is 4.00. The van der Waals surface area contributed by atoms with Gasteiger partial charge in [-0.25, -0.2) is 4.98 Å². The number of aromatic nitrogens is 2. The molecule has 0 fully saturated rings. The van der Waals surface area contributed by atoms with E-state index < -0.39 is 0 Å². The number of rotatable bonds is 2. The van der Waals surface area contributed by atoms with Crippen molar-refractivity contribution in [1.29, 1.82) is 0 Å². The first-order chi connectivity index (χ1) is 9.25. The lowest BCUT2D eigenvalue weighted by Crippen LogP contribution is -2.02. The average molecular weight is 250 g/mol. The van der Waals surface area contributed by atoms with Gasteiger partial charge >= 0.3 is 0 Å². The van der Waals surface area contributed by atoms with E-state index in [1.807, 2.05) is 12.4 Å². The first-order valence-corrected chi connectivity index (χ1v) is 6.70. The molecule has 0 unspecified atom stereocenters. The van der Waals surface area contributed by atoms with Crippen LogP contribution >= 0.6 is 0 Å². The SMILES string of the molecule is C=C(C)C1=CCCc2c(-c3ccccc3)ncn2C1. The Hall–Kier alpha value is -2.09. The van der Waals surface area contributed by atoms with Gasteiger partial charge in [0, 0.05) is 17.8 Å². The van der Waals surface area contributed by atoms with Crippen molar-refractivity contribution in [2.75, 3.05) is 0 Å². The number of allylic oxidation sites excluding steroid dienone is 3. The molecule has 0 bridgehead atoms. The number of benzene rings is 1. The zero-order valence-corrected chi connectivity index (χ0v) is 11.3. The second-order valence-electron chi connectivity index (χ2n) is 5.08. The maximum absolute atomic E-state index is 4.61. The minimum atomic E-state index is 0.893. The molecule has 19 heavy (non-hydrogen) atoms. The van der Waals surface area contributed by atoms with Crippen LogP contribution in [0.15, 0.2) is 60.5 Å². The minimum Gasteiger partial charge on any atom is -0.330 e. The summed E-state index contributed by atoms with van der Waals surface area (Å²) in [5, 5.41) is 0. The highest BCUT2D eigenvalue weighted by Crippen LogP contribution is 2.27. The van der Waals surface area contributed by atoms with Gasteiger partial charge in [-0.1, -0.05) is 48.6 Å². The number of imidazole rings is 1. The Morgan fingerprint density at radius 3 is 2.79 bits per heavy atom. The molecule has 0 N–H and O–H groups in total. The fourth-order valence-corrected chi connectivity index (χ4v) is 2.58. The van der Waals surface area contributed by atoms with Gasteiger partial charge in [0.2, 0.25) is 0 Å². The third-order valence-corrected chi connectivity index (χ3v) is 3.65. The molecule has 0 saturated carbocycles. The van der Waals surface area contributed by atoms with E-state index in [0.717, 1.165) is 30.7 Å². The van der Waals surface area contributed by atoms with Gasteiger partial charge in [-0.15, -0.1) is 0 Å². The summed E-state index contributed by atoms with van der Waals surface area (Å²) in [6.07, 6.45) is 6.37. The Morgan fingerprint density at radius 2 is 2.05 bits per heavy atom. The molecule has 0 radical (unpaired) electrons. The summed E-state index contributed by atoms with van der Waals surface area (Å²) in [6, 6.07) is 10.4. The Morgan fingerprint density at radius 1 is 1.26 bits per heavy atom. The van der Waals surface area contributed by atoms with Crippen molar-refractivity contribution in [3.63, 3.8) is 0 Å². The summed E-state index contributed by atoms with van der Waals surface area (Å²) in [5.74, 6) is 0. The van der Waals surface area contributed by atoms with Gasteiger partial charge in [-0.2, -0.15) is 0 Å². The summed E-state index contributed by atoms with van der Waals surface area (Å²) >= 11 is 0. The first-order valence-electron chi connectivity index (χ1n) is 6.70. The van der Waals surface area contributed by atoms with Crippen molar-refractivity contribution < 1.29 is 0 Å². The number of fused-ring (bicyclic) bond motifs is 1. The van der Waals surface area contributed by atoms with Crippen molar-refractivity contribution in [2.24, 2.45) is 0 Å². The van der Waals surface area contributed by atoms with Crippen LogP contribution in [0.2, 0.25) is 0 Å². The van der Waals surface area contributed by atoms with Crippen LogP contribution in [-0.2, 0) is 13.0 Å². The molecular weight excluding hydrogens is 232 g/mol. The maximum atomic E-state index is 4.61.